The molecule has 2 aliphatic rings. The Kier molecular flexibility index (Phi) is 13.6. The van der Waals surface area contributed by atoms with Crippen LogP contribution in [-0.2, 0) is 9.59 Å². The van der Waals surface area contributed by atoms with E-state index in [1.165, 1.54) is 0 Å². The molecule has 226 valence electrons. The number of fused-ring (bicyclic) bond motifs is 2. The minimum absolute atomic E-state index is 0.00209. The van der Waals surface area contributed by atoms with Gasteiger partial charge in [0, 0.05) is 32.6 Å². The van der Waals surface area contributed by atoms with Crippen LogP contribution in [-0.4, -0.2) is 47.8 Å². The van der Waals surface area contributed by atoms with Crippen LogP contribution < -0.4 is 0 Å². The molecule has 0 radical (unpaired) electrons. The number of carbonyl (C=O) groups excluding carboxylic acids is 2. The highest BCUT2D eigenvalue weighted by molar-refractivity contribution is 5.87. The summed E-state index contributed by atoms with van der Waals surface area (Å²) >= 11 is 0. The molecule has 0 N–H and O–H groups in total. The van der Waals surface area contributed by atoms with Crippen molar-refractivity contribution >= 4 is 11.8 Å². The Morgan fingerprint density at radius 3 is 1.64 bits per heavy atom. The first-order chi connectivity index (χ1) is 18.8. The first-order valence-electron chi connectivity index (χ1n) is 17.0. The number of amides is 2. The third-order valence-electron chi connectivity index (χ3n) is 11.0. The topological polar surface area (TPSA) is 40.6 Å². The summed E-state index contributed by atoms with van der Waals surface area (Å²) in [5.74, 6) is 0.673. The molecule has 4 heteroatoms. The van der Waals surface area contributed by atoms with Gasteiger partial charge in [0.15, 0.2) is 0 Å². The fourth-order valence-electron chi connectivity index (χ4n) is 8.82. The lowest BCUT2D eigenvalue weighted by atomic mass is 9.49. The van der Waals surface area contributed by atoms with Crippen LogP contribution in [0.15, 0.2) is 12.2 Å². The minimum atomic E-state index is -0.252. The van der Waals surface area contributed by atoms with Crippen molar-refractivity contribution in [2.45, 2.75) is 145 Å². The molecule has 2 bridgehead atoms. The molecule has 0 saturated heterocycles. The Hall–Kier alpha value is -1.32. The highest BCUT2D eigenvalue weighted by atomic mass is 16.2. The molecule has 0 aliphatic heterocycles. The quantitative estimate of drug-likeness (QED) is 0.143. The smallest absolute Gasteiger partial charge is 0.226 e. The zero-order valence-electron chi connectivity index (χ0n) is 27.2. The van der Waals surface area contributed by atoms with Gasteiger partial charge in [-0.3, -0.25) is 9.59 Å². The predicted octanol–water partition coefficient (Wildman–Crippen LogP) is 9.04. The van der Waals surface area contributed by atoms with Gasteiger partial charge < -0.3 is 9.80 Å². The van der Waals surface area contributed by atoms with Gasteiger partial charge in [-0.1, -0.05) is 99.6 Å². The van der Waals surface area contributed by atoms with Gasteiger partial charge in [-0.05, 0) is 73.5 Å². The largest absolute Gasteiger partial charge is 0.343 e. The maximum absolute atomic E-state index is 14.9. The van der Waals surface area contributed by atoms with Crippen LogP contribution in [0.2, 0.25) is 0 Å². The molecule has 0 aromatic heterocycles. The lowest BCUT2D eigenvalue weighted by molar-refractivity contribution is -0.154. The summed E-state index contributed by atoms with van der Waals surface area (Å²) in [4.78, 5) is 33.4. The second-order valence-electron chi connectivity index (χ2n) is 12.8. The van der Waals surface area contributed by atoms with Crippen LogP contribution >= 0.6 is 0 Å². The Morgan fingerprint density at radius 1 is 0.718 bits per heavy atom. The van der Waals surface area contributed by atoms with Gasteiger partial charge in [0.05, 0.1) is 5.92 Å². The summed E-state index contributed by atoms with van der Waals surface area (Å²) in [5.41, 5.74) is -0.0200. The maximum atomic E-state index is 14.9. The lowest BCUT2D eigenvalue weighted by Gasteiger charge is -2.55. The fourth-order valence-corrected chi connectivity index (χ4v) is 8.82. The van der Waals surface area contributed by atoms with Gasteiger partial charge in [0.1, 0.15) is 0 Å². The number of hydrogen-bond donors (Lipinski definition) is 0. The van der Waals surface area contributed by atoms with Gasteiger partial charge >= 0.3 is 0 Å². The molecule has 4 nitrogen and oxygen atoms in total. The zero-order valence-corrected chi connectivity index (χ0v) is 27.2. The van der Waals surface area contributed by atoms with Crippen molar-refractivity contribution in [2.75, 3.05) is 26.2 Å². The van der Waals surface area contributed by atoms with Crippen molar-refractivity contribution in [3.05, 3.63) is 12.2 Å². The van der Waals surface area contributed by atoms with E-state index >= 15 is 0 Å². The summed E-state index contributed by atoms with van der Waals surface area (Å²) in [6, 6.07) is 0. The first kappa shape index (κ1) is 33.9. The van der Waals surface area contributed by atoms with E-state index in [9.17, 15) is 9.59 Å². The van der Waals surface area contributed by atoms with Crippen molar-refractivity contribution in [3.8, 4) is 0 Å². The highest BCUT2D eigenvalue weighted by Crippen LogP contribution is 2.76. The minimum Gasteiger partial charge on any atom is -0.343 e. The van der Waals surface area contributed by atoms with E-state index in [-0.39, 0.29) is 34.0 Å². The van der Waals surface area contributed by atoms with Crippen molar-refractivity contribution in [3.63, 3.8) is 0 Å². The van der Waals surface area contributed by atoms with Gasteiger partial charge in [-0.25, -0.2) is 0 Å². The van der Waals surface area contributed by atoms with Crippen molar-refractivity contribution in [2.24, 2.45) is 28.1 Å². The second-order valence-corrected chi connectivity index (χ2v) is 12.8. The molecule has 1 fully saturated rings. The van der Waals surface area contributed by atoms with E-state index in [4.69, 9.17) is 0 Å². The van der Waals surface area contributed by atoms with E-state index in [1.54, 1.807) is 0 Å². The Bertz CT molecular complexity index is 778. The lowest BCUT2D eigenvalue weighted by Crippen LogP contribution is -2.55. The van der Waals surface area contributed by atoms with Crippen molar-refractivity contribution in [1.82, 2.24) is 9.80 Å². The van der Waals surface area contributed by atoms with E-state index in [1.807, 2.05) is 0 Å². The van der Waals surface area contributed by atoms with Crippen LogP contribution in [0.25, 0.3) is 0 Å². The molecule has 0 spiro atoms. The number of allylic oxidation sites excluding steroid dienone is 2. The first-order valence-corrected chi connectivity index (χ1v) is 17.0. The average Bonchev–Trinajstić information content (AvgIpc) is 3.46. The van der Waals surface area contributed by atoms with Crippen LogP contribution in [0, 0.1) is 28.1 Å². The van der Waals surface area contributed by atoms with E-state index in [0.29, 0.717) is 12.3 Å². The molecule has 2 aliphatic carbocycles. The highest BCUT2D eigenvalue weighted by Gasteiger charge is 2.71. The monoisotopic (exact) mass is 544 g/mol. The Labute approximate surface area is 242 Å². The molecule has 5 unspecified atom stereocenters. The Balaban J connectivity index is 2.65. The summed E-state index contributed by atoms with van der Waals surface area (Å²) in [6.07, 6.45) is 19.2. The molecule has 0 aromatic carbocycles. The van der Waals surface area contributed by atoms with Gasteiger partial charge in [0.25, 0.3) is 0 Å². The number of hydrogen-bond acceptors (Lipinski definition) is 2. The maximum Gasteiger partial charge on any atom is 0.226 e. The molecule has 2 rings (SSSR count). The molecule has 0 heterocycles. The average molecular weight is 545 g/mol. The third-order valence-corrected chi connectivity index (χ3v) is 11.0. The molecule has 2 amide bonds. The van der Waals surface area contributed by atoms with E-state index in [0.717, 1.165) is 110 Å². The Morgan fingerprint density at radius 2 is 1.23 bits per heavy atom. The summed E-state index contributed by atoms with van der Waals surface area (Å²) in [6.45, 7) is 21.4. The third kappa shape index (κ3) is 6.61. The standard InChI is InChI=1S/C35H64N2O2/c1-9-17-23-36(24-18-10-2)31(38)27-29(32(39)37(25-19-11-3)26-20-12-4)35(16-8)30(13-5)33(14-6)21-22-34(35,15-7)28-33/h21-22,29-30H,9-20,23-28H2,1-8H3. The predicted molar refractivity (Wildman–Crippen MR) is 167 cm³/mol. The summed E-state index contributed by atoms with van der Waals surface area (Å²) < 4.78 is 0. The van der Waals surface area contributed by atoms with Crippen LogP contribution in [0.1, 0.15) is 145 Å². The van der Waals surface area contributed by atoms with Gasteiger partial charge in [-0.15, -0.1) is 0 Å². The molecule has 5 atom stereocenters. The van der Waals surface area contributed by atoms with Crippen LogP contribution in [0.3, 0.4) is 0 Å². The van der Waals surface area contributed by atoms with Crippen molar-refractivity contribution < 1.29 is 9.59 Å². The van der Waals surface area contributed by atoms with Gasteiger partial charge in [0.2, 0.25) is 11.8 Å². The molecular weight excluding hydrogens is 480 g/mol. The normalized spacial score (nSPS) is 28.2. The zero-order chi connectivity index (χ0) is 29.1. The van der Waals surface area contributed by atoms with Crippen LogP contribution in [0.5, 0.6) is 0 Å². The molecule has 1 saturated carbocycles. The fraction of sp³-hybridized carbons (Fsp3) is 0.886. The SMILES string of the molecule is CCCCN(CCCC)C(=O)CC(C(=O)N(CCCC)CCCC)C1(CC)C(CC)C2(CC)C=CC1(CC)C2. The molecule has 39 heavy (non-hydrogen) atoms. The number of carbonyl (C=O) groups is 2. The summed E-state index contributed by atoms with van der Waals surface area (Å²) in [7, 11) is 0. The summed E-state index contributed by atoms with van der Waals surface area (Å²) in [5, 5.41) is 0. The van der Waals surface area contributed by atoms with E-state index in [2.05, 4.69) is 77.3 Å². The van der Waals surface area contributed by atoms with Crippen molar-refractivity contribution in [1.29, 1.82) is 0 Å². The van der Waals surface area contributed by atoms with Crippen LogP contribution in [0.4, 0.5) is 0 Å². The second kappa shape index (κ2) is 15.6. The number of rotatable bonds is 20. The van der Waals surface area contributed by atoms with Gasteiger partial charge in [-0.2, -0.15) is 0 Å². The number of nitrogens with zero attached hydrogens (tertiary/aromatic N) is 2. The molecule has 0 aromatic rings. The van der Waals surface area contributed by atoms with E-state index < -0.39 is 0 Å². The molecular formula is C35H64N2O2. The number of unbranched alkanes of at least 4 members (excludes halogenated alkanes) is 4.